The number of ether oxygens (including phenoxy) is 1. The van der Waals surface area contributed by atoms with Crippen molar-refractivity contribution < 1.29 is 4.74 Å². The summed E-state index contributed by atoms with van der Waals surface area (Å²) in [7, 11) is 0. The Bertz CT molecular complexity index is 1180. The van der Waals surface area contributed by atoms with Crippen LogP contribution in [0.5, 0.6) is 5.75 Å². The number of nitrogens with one attached hydrogen (secondary N) is 1. The summed E-state index contributed by atoms with van der Waals surface area (Å²) in [5, 5.41) is 1.22. The molecule has 0 unspecified atom stereocenters. The molecule has 3 heterocycles. The Kier molecular flexibility index (Phi) is 5.43. The molecule has 5 heteroatoms. The summed E-state index contributed by atoms with van der Waals surface area (Å²) in [6, 6.07) is 16.6. The molecule has 1 aliphatic heterocycles. The van der Waals surface area contributed by atoms with Crippen LogP contribution in [-0.4, -0.2) is 26.4 Å². The Morgan fingerprint density at radius 3 is 2.84 bits per heavy atom. The van der Waals surface area contributed by atoms with Gasteiger partial charge in [-0.15, -0.1) is 0 Å². The maximum Gasteiger partial charge on any atom is 0.131 e. The molecular formula is C26H28N4O. The molecule has 0 amide bonds. The minimum Gasteiger partial charge on any atom is -0.489 e. The smallest absolute Gasteiger partial charge is 0.131 e. The maximum atomic E-state index is 6.05. The Balaban J connectivity index is 1.30. The molecule has 0 aliphatic carbocycles. The van der Waals surface area contributed by atoms with Gasteiger partial charge in [0, 0.05) is 66.5 Å². The van der Waals surface area contributed by atoms with E-state index in [1.807, 2.05) is 30.5 Å². The third kappa shape index (κ3) is 4.32. The molecule has 0 bridgehead atoms. The number of nitrogens with zero attached hydrogens (tertiary/aromatic N) is 3. The third-order valence-corrected chi connectivity index (χ3v) is 5.93. The molecule has 0 fully saturated rings. The van der Waals surface area contributed by atoms with Crippen LogP contribution in [0.3, 0.4) is 0 Å². The molecule has 1 aliphatic rings. The van der Waals surface area contributed by atoms with Gasteiger partial charge in [0.2, 0.25) is 0 Å². The van der Waals surface area contributed by atoms with E-state index in [-0.39, 0.29) is 0 Å². The lowest BCUT2D eigenvalue weighted by Gasteiger charge is -2.28. The number of benzene rings is 2. The van der Waals surface area contributed by atoms with Crippen LogP contribution >= 0.6 is 0 Å². The van der Waals surface area contributed by atoms with Gasteiger partial charge in [-0.2, -0.15) is 0 Å². The van der Waals surface area contributed by atoms with Gasteiger partial charge in [-0.1, -0.05) is 44.2 Å². The van der Waals surface area contributed by atoms with E-state index in [2.05, 4.69) is 59.2 Å². The van der Waals surface area contributed by atoms with Crippen LogP contribution in [0.1, 0.15) is 48.0 Å². The van der Waals surface area contributed by atoms with Crippen LogP contribution in [0.25, 0.3) is 10.9 Å². The summed E-state index contributed by atoms with van der Waals surface area (Å²) in [5.41, 5.74) is 6.08. The lowest BCUT2D eigenvalue weighted by Crippen LogP contribution is -2.31. The van der Waals surface area contributed by atoms with Crippen molar-refractivity contribution in [1.82, 2.24) is 19.9 Å². The quantitative estimate of drug-likeness (QED) is 0.472. The largest absolute Gasteiger partial charge is 0.489 e. The first-order valence-electron chi connectivity index (χ1n) is 11.0. The van der Waals surface area contributed by atoms with E-state index in [1.165, 1.54) is 27.8 Å². The first kappa shape index (κ1) is 19.8. The summed E-state index contributed by atoms with van der Waals surface area (Å²) >= 11 is 0. The average molecular weight is 413 g/mol. The fourth-order valence-corrected chi connectivity index (χ4v) is 4.16. The third-order valence-electron chi connectivity index (χ3n) is 5.93. The Morgan fingerprint density at radius 1 is 1.13 bits per heavy atom. The highest BCUT2D eigenvalue weighted by Gasteiger charge is 2.20. The highest BCUT2D eigenvalue weighted by Crippen LogP contribution is 2.27. The predicted octanol–water partition coefficient (Wildman–Crippen LogP) is 5.22. The molecule has 0 saturated heterocycles. The molecule has 5 nitrogen and oxygen atoms in total. The molecule has 2 aromatic heterocycles. The highest BCUT2D eigenvalue weighted by atomic mass is 16.5. The van der Waals surface area contributed by atoms with Crippen LogP contribution in [0, 0.1) is 0 Å². The van der Waals surface area contributed by atoms with Gasteiger partial charge in [0.25, 0.3) is 0 Å². The fourth-order valence-electron chi connectivity index (χ4n) is 4.16. The van der Waals surface area contributed by atoms with E-state index in [1.54, 1.807) is 0 Å². The van der Waals surface area contributed by atoms with E-state index < -0.39 is 0 Å². The SMILES string of the molecule is CC(C)c1ncc2c(n1)CCN(Cc1c[nH]c3ccc(OCc4ccccc4)cc13)C2. The lowest BCUT2D eigenvalue weighted by molar-refractivity contribution is 0.243. The van der Waals surface area contributed by atoms with Gasteiger partial charge in [0.15, 0.2) is 0 Å². The average Bonchev–Trinajstić information content (AvgIpc) is 3.20. The molecule has 0 spiro atoms. The van der Waals surface area contributed by atoms with Crippen LogP contribution in [-0.2, 0) is 26.1 Å². The van der Waals surface area contributed by atoms with E-state index in [4.69, 9.17) is 9.72 Å². The van der Waals surface area contributed by atoms with E-state index in [9.17, 15) is 0 Å². The summed E-state index contributed by atoms with van der Waals surface area (Å²) in [4.78, 5) is 15.2. The summed E-state index contributed by atoms with van der Waals surface area (Å²) in [6.07, 6.45) is 5.12. The van der Waals surface area contributed by atoms with Gasteiger partial charge in [0.05, 0.1) is 0 Å². The number of aromatic amines is 1. The van der Waals surface area contributed by atoms with Crippen molar-refractivity contribution in [3.63, 3.8) is 0 Å². The molecule has 0 saturated carbocycles. The summed E-state index contributed by atoms with van der Waals surface area (Å²) < 4.78 is 6.05. The van der Waals surface area contributed by atoms with E-state index in [0.717, 1.165) is 43.1 Å². The minimum absolute atomic E-state index is 0.368. The first-order chi connectivity index (χ1) is 15.2. The molecule has 0 radical (unpaired) electrons. The number of fused-ring (bicyclic) bond motifs is 2. The second-order valence-corrected chi connectivity index (χ2v) is 8.61. The van der Waals surface area contributed by atoms with Crippen molar-refractivity contribution in [3.05, 3.63) is 89.1 Å². The summed E-state index contributed by atoms with van der Waals surface area (Å²) in [6.45, 7) is 7.67. The fraction of sp³-hybridized carbons (Fsp3) is 0.308. The van der Waals surface area contributed by atoms with Gasteiger partial charge in [0.1, 0.15) is 18.2 Å². The van der Waals surface area contributed by atoms with Gasteiger partial charge in [-0.25, -0.2) is 9.97 Å². The van der Waals surface area contributed by atoms with Crippen molar-refractivity contribution in [1.29, 1.82) is 0 Å². The van der Waals surface area contributed by atoms with Crippen molar-refractivity contribution >= 4 is 10.9 Å². The number of rotatable bonds is 6. The van der Waals surface area contributed by atoms with Crippen molar-refractivity contribution in [3.8, 4) is 5.75 Å². The van der Waals surface area contributed by atoms with Crippen LogP contribution < -0.4 is 4.74 Å². The Hall–Kier alpha value is -3.18. The molecule has 31 heavy (non-hydrogen) atoms. The monoisotopic (exact) mass is 412 g/mol. The zero-order valence-corrected chi connectivity index (χ0v) is 18.1. The van der Waals surface area contributed by atoms with Crippen LogP contribution in [0.4, 0.5) is 0 Å². The first-order valence-corrected chi connectivity index (χ1v) is 11.0. The molecule has 5 rings (SSSR count). The van der Waals surface area contributed by atoms with Gasteiger partial charge in [-0.05, 0) is 29.3 Å². The minimum atomic E-state index is 0.368. The van der Waals surface area contributed by atoms with Crippen molar-refractivity contribution in [2.75, 3.05) is 6.54 Å². The van der Waals surface area contributed by atoms with E-state index >= 15 is 0 Å². The number of H-pyrrole nitrogens is 1. The highest BCUT2D eigenvalue weighted by molar-refractivity contribution is 5.84. The standard InChI is InChI=1S/C26H28N4O/c1-18(2)26-28-14-21-16-30(11-10-24(21)29-26)15-20-13-27-25-9-8-22(12-23(20)25)31-17-19-6-4-3-5-7-19/h3-9,12-14,18,27H,10-11,15-17H2,1-2H3. The zero-order valence-electron chi connectivity index (χ0n) is 18.1. The Morgan fingerprint density at radius 2 is 2.00 bits per heavy atom. The van der Waals surface area contributed by atoms with Crippen molar-refractivity contribution in [2.24, 2.45) is 0 Å². The lowest BCUT2D eigenvalue weighted by atomic mass is 10.1. The van der Waals surface area contributed by atoms with Gasteiger partial charge in [-0.3, -0.25) is 4.90 Å². The number of hydrogen-bond acceptors (Lipinski definition) is 4. The van der Waals surface area contributed by atoms with Gasteiger partial charge < -0.3 is 9.72 Å². The van der Waals surface area contributed by atoms with Crippen LogP contribution in [0.2, 0.25) is 0 Å². The normalized spacial score (nSPS) is 14.2. The Labute approximate surface area is 183 Å². The molecule has 4 aromatic rings. The maximum absolute atomic E-state index is 6.05. The second kappa shape index (κ2) is 8.52. The molecule has 2 aromatic carbocycles. The van der Waals surface area contributed by atoms with Crippen molar-refractivity contribution in [2.45, 2.75) is 45.9 Å². The van der Waals surface area contributed by atoms with Crippen LogP contribution in [0.15, 0.2) is 60.9 Å². The van der Waals surface area contributed by atoms with E-state index in [0.29, 0.717) is 12.5 Å². The number of hydrogen-bond donors (Lipinski definition) is 1. The number of aromatic nitrogens is 3. The second-order valence-electron chi connectivity index (χ2n) is 8.61. The zero-order chi connectivity index (χ0) is 21.2. The molecule has 1 N–H and O–H groups in total. The molecule has 0 atom stereocenters. The molecule has 158 valence electrons. The van der Waals surface area contributed by atoms with Gasteiger partial charge >= 0.3 is 0 Å². The molecular weight excluding hydrogens is 384 g/mol. The predicted molar refractivity (Wildman–Crippen MR) is 123 cm³/mol. The summed E-state index contributed by atoms with van der Waals surface area (Å²) in [5.74, 6) is 2.22. The topological polar surface area (TPSA) is 54.0 Å².